The van der Waals surface area contributed by atoms with E-state index in [1.54, 1.807) is 4.90 Å². The molecule has 1 amide bonds. The molecular weight excluding hydrogens is 256 g/mol. The summed E-state index contributed by atoms with van der Waals surface area (Å²) in [7, 11) is 0. The third-order valence-corrected chi connectivity index (χ3v) is 3.65. The Morgan fingerprint density at radius 3 is 2.80 bits per heavy atom. The summed E-state index contributed by atoms with van der Waals surface area (Å²) < 4.78 is 0. The fourth-order valence-electron chi connectivity index (χ4n) is 2.49. The van der Waals surface area contributed by atoms with Crippen LogP contribution < -0.4 is 10.6 Å². The highest BCUT2D eigenvalue weighted by Crippen LogP contribution is 2.26. The number of fused-ring (bicyclic) bond motifs is 1. The predicted octanol–water partition coefficient (Wildman–Crippen LogP) is 1.55. The van der Waals surface area contributed by atoms with Crippen molar-refractivity contribution in [2.45, 2.75) is 38.1 Å². The van der Waals surface area contributed by atoms with Crippen molar-refractivity contribution in [3.05, 3.63) is 29.8 Å². The van der Waals surface area contributed by atoms with Crippen LogP contribution in [0.3, 0.4) is 0 Å². The number of hydrogen-bond donors (Lipinski definition) is 2. The molecule has 0 bridgehead atoms. The fourth-order valence-corrected chi connectivity index (χ4v) is 2.49. The third-order valence-electron chi connectivity index (χ3n) is 3.65. The second kappa shape index (κ2) is 6.52. The number of rotatable bonds is 4. The summed E-state index contributed by atoms with van der Waals surface area (Å²) in [5.41, 5.74) is 7.59. The Balaban J connectivity index is 2.08. The molecule has 0 unspecified atom stereocenters. The largest absolute Gasteiger partial charge is 0.480 e. The first-order valence-electron chi connectivity index (χ1n) is 6.96. The van der Waals surface area contributed by atoms with E-state index in [-0.39, 0.29) is 18.7 Å². The molecule has 1 aliphatic heterocycles. The Bertz CT molecular complexity index is 502. The van der Waals surface area contributed by atoms with Gasteiger partial charge >= 0.3 is 5.97 Å². The molecule has 1 atom stereocenters. The minimum Gasteiger partial charge on any atom is -0.480 e. The van der Waals surface area contributed by atoms with E-state index in [1.165, 1.54) is 5.56 Å². The van der Waals surface area contributed by atoms with E-state index >= 15 is 0 Å². The summed E-state index contributed by atoms with van der Waals surface area (Å²) in [6.07, 6.45) is 3.35. The maximum absolute atomic E-state index is 12.3. The minimum atomic E-state index is -1.06. The lowest BCUT2D eigenvalue weighted by Crippen LogP contribution is -2.35. The molecule has 0 saturated carbocycles. The number of carboxylic acids is 1. The van der Waals surface area contributed by atoms with Crippen molar-refractivity contribution >= 4 is 17.6 Å². The highest BCUT2D eigenvalue weighted by Gasteiger charge is 2.22. The van der Waals surface area contributed by atoms with Crippen LogP contribution in [0, 0.1) is 0 Å². The second-order valence-electron chi connectivity index (χ2n) is 5.11. The van der Waals surface area contributed by atoms with Gasteiger partial charge in [0.1, 0.15) is 6.04 Å². The number of para-hydroxylation sites is 1. The first-order valence-corrected chi connectivity index (χ1v) is 6.96. The van der Waals surface area contributed by atoms with Crippen molar-refractivity contribution in [3.63, 3.8) is 0 Å². The van der Waals surface area contributed by atoms with Gasteiger partial charge in [-0.3, -0.25) is 9.59 Å². The van der Waals surface area contributed by atoms with Gasteiger partial charge in [-0.15, -0.1) is 0 Å². The number of carbonyl (C=O) groups is 2. The van der Waals surface area contributed by atoms with Gasteiger partial charge in [0.05, 0.1) is 0 Å². The van der Waals surface area contributed by atoms with Crippen molar-refractivity contribution in [2.24, 2.45) is 5.73 Å². The fraction of sp³-hybridized carbons (Fsp3) is 0.467. The summed E-state index contributed by atoms with van der Waals surface area (Å²) in [5.74, 6) is -1.11. The molecule has 1 aromatic rings. The van der Waals surface area contributed by atoms with Crippen LogP contribution in [0.4, 0.5) is 5.69 Å². The van der Waals surface area contributed by atoms with E-state index in [0.29, 0.717) is 6.54 Å². The van der Waals surface area contributed by atoms with Gasteiger partial charge in [0.2, 0.25) is 5.91 Å². The maximum Gasteiger partial charge on any atom is 0.320 e. The molecule has 1 aliphatic rings. The molecule has 1 heterocycles. The molecule has 0 aromatic heterocycles. The maximum atomic E-state index is 12.3. The topological polar surface area (TPSA) is 83.6 Å². The Morgan fingerprint density at radius 2 is 2.05 bits per heavy atom. The van der Waals surface area contributed by atoms with Crippen molar-refractivity contribution < 1.29 is 14.7 Å². The first-order chi connectivity index (χ1) is 9.59. The minimum absolute atomic E-state index is 0.0453. The lowest BCUT2D eigenvalue weighted by Gasteiger charge is -2.23. The van der Waals surface area contributed by atoms with Crippen LogP contribution in [-0.2, 0) is 16.0 Å². The van der Waals surface area contributed by atoms with Crippen LogP contribution in [0.15, 0.2) is 24.3 Å². The Labute approximate surface area is 118 Å². The van der Waals surface area contributed by atoms with E-state index in [0.717, 1.165) is 24.9 Å². The summed E-state index contributed by atoms with van der Waals surface area (Å²) >= 11 is 0. The zero-order valence-electron chi connectivity index (χ0n) is 11.4. The van der Waals surface area contributed by atoms with Crippen LogP contribution in [0.5, 0.6) is 0 Å². The van der Waals surface area contributed by atoms with Gasteiger partial charge in [0.15, 0.2) is 0 Å². The molecule has 3 N–H and O–H groups in total. The zero-order chi connectivity index (χ0) is 14.5. The molecule has 0 saturated heterocycles. The normalized spacial score (nSPS) is 16.1. The van der Waals surface area contributed by atoms with E-state index in [2.05, 4.69) is 0 Å². The van der Waals surface area contributed by atoms with Gasteiger partial charge in [-0.05, 0) is 37.3 Å². The van der Waals surface area contributed by atoms with Gasteiger partial charge in [-0.1, -0.05) is 18.2 Å². The summed E-state index contributed by atoms with van der Waals surface area (Å²) in [6, 6.07) is 6.93. The summed E-state index contributed by atoms with van der Waals surface area (Å²) in [4.78, 5) is 24.8. The molecule has 0 aliphatic carbocycles. The highest BCUT2D eigenvalue weighted by atomic mass is 16.4. The standard InChI is InChI=1S/C15H20N2O3/c16-12(15(19)20)8-9-14(18)17-10-4-3-6-11-5-1-2-7-13(11)17/h1-2,5,7,12H,3-4,6,8-10,16H2,(H,19,20)/t12-/m0/s1. The molecule has 20 heavy (non-hydrogen) atoms. The molecule has 0 spiro atoms. The van der Waals surface area contributed by atoms with Crippen molar-refractivity contribution in [1.29, 1.82) is 0 Å². The third kappa shape index (κ3) is 3.36. The number of aliphatic carboxylic acids is 1. The lowest BCUT2D eigenvalue weighted by molar-refractivity contribution is -0.138. The second-order valence-corrected chi connectivity index (χ2v) is 5.11. The van der Waals surface area contributed by atoms with Crippen LogP contribution >= 0.6 is 0 Å². The molecule has 2 rings (SSSR count). The van der Waals surface area contributed by atoms with Crippen molar-refractivity contribution in [3.8, 4) is 0 Å². The number of benzene rings is 1. The number of carbonyl (C=O) groups excluding carboxylic acids is 1. The molecule has 0 fully saturated rings. The first kappa shape index (κ1) is 14.5. The zero-order valence-corrected chi connectivity index (χ0v) is 11.4. The number of hydrogen-bond acceptors (Lipinski definition) is 3. The van der Waals surface area contributed by atoms with E-state index in [1.807, 2.05) is 24.3 Å². The molecule has 0 radical (unpaired) electrons. The van der Waals surface area contributed by atoms with Gasteiger partial charge in [0, 0.05) is 18.7 Å². The van der Waals surface area contributed by atoms with Crippen LogP contribution in [0.1, 0.15) is 31.2 Å². The average molecular weight is 276 g/mol. The Hall–Kier alpha value is -1.88. The molecule has 1 aromatic carbocycles. The highest BCUT2D eigenvalue weighted by molar-refractivity contribution is 5.94. The van der Waals surface area contributed by atoms with E-state index < -0.39 is 12.0 Å². The average Bonchev–Trinajstić information content (AvgIpc) is 2.66. The summed E-state index contributed by atoms with van der Waals surface area (Å²) in [6.45, 7) is 0.693. The monoisotopic (exact) mass is 276 g/mol. The van der Waals surface area contributed by atoms with Crippen LogP contribution in [0.2, 0.25) is 0 Å². The molecule has 5 heteroatoms. The molecule has 108 valence electrons. The van der Waals surface area contributed by atoms with Crippen LogP contribution in [-0.4, -0.2) is 29.6 Å². The quantitative estimate of drug-likeness (QED) is 0.874. The predicted molar refractivity (Wildman–Crippen MR) is 76.6 cm³/mol. The number of nitrogens with zero attached hydrogens (tertiary/aromatic N) is 1. The number of amides is 1. The summed E-state index contributed by atoms with van der Waals surface area (Å²) in [5, 5.41) is 8.76. The smallest absolute Gasteiger partial charge is 0.320 e. The molecule has 5 nitrogen and oxygen atoms in total. The number of carboxylic acid groups (broad SMARTS) is 1. The van der Waals surface area contributed by atoms with E-state index in [4.69, 9.17) is 10.8 Å². The van der Waals surface area contributed by atoms with Crippen molar-refractivity contribution in [2.75, 3.05) is 11.4 Å². The van der Waals surface area contributed by atoms with Gasteiger partial charge in [-0.2, -0.15) is 0 Å². The van der Waals surface area contributed by atoms with Gasteiger partial charge in [0.25, 0.3) is 0 Å². The Kier molecular flexibility index (Phi) is 4.74. The number of nitrogens with two attached hydrogens (primary N) is 1. The van der Waals surface area contributed by atoms with E-state index in [9.17, 15) is 9.59 Å². The van der Waals surface area contributed by atoms with Crippen molar-refractivity contribution in [1.82, 2.24) is 0 Å². The molecular formula is C15H20N2O3. The van der Waals surface area contributed by atoms with Crippen LogP contribution in [0.25, 0.3) is 0 Å². The van der Waals surface area contributed by atoms with Gasteiger partial charge < -0.3 is 15.7 Å². The SMILES string of the molecule is N[C@@H](CCC(=O)N1CCCCc2ccccc21)C(=O)O. The lowest BCUT2D eigenvalue weighted by atomic mass is 10.1. The number of aryl methyl sites for hydroxylation is 1. The van der Waals surface area contributed by atoms with Gasteiger partial charge in [-0.25, -0.2) is 0 Å². The number of anilines is 1. The Morgan fingerprint density at radius 1 is 1.30 bits per heavy atom.